The average Bonchev–Trinajstić information content (AvgIpc) is 3.04. The number of esters is 1. The number of aromatic nitrogens is 3. The van der Waals surface area contributed by atoms with Crippen LogP contribution in [0.4, 0.5) is 0 Å². The Morgan fingerprint density at radius 1 is 1.42 bits per heavy atom. The minimum atomic E-state index is -0.623. The highest BCUT2D eigenvalue weighted by molar-refractivity contribution is 5.85. The summed E-state index contributed by atoms with van der Waals surface area (Å²) in [5.41, 5.74) is 1.96. The van der Waals surface area contributed by atoms with Crippen molar-refractivity contribution in [3.8, 4) is 11.4 Å². The fourth-order valence-corrected chi connectivity index (χ4v) is 2.25. The van der Waals surface area contributed by atoms with Crippen molar-refractivity contribution in [1.29, 1.82) is 0 Å². The highest BCUT2D eigenvalue weighted by Crippen LogP contribution is 2.47. The number of aromatic amines is 1. The summed E-state index contributed by atoms with van der Waals surface area (Å²) in [6.45, 7) is 1.91. The number of ether oxygens (including phenoxy) is 1. The van der Waals surface area contributed by atoms with Gasteiger partial charge in [-0.1, -0.05) is 0 Å². The molecule has 0 spiro atoms. The SMILES string of the molecule is COC(=O)C1(c2nc(C)cc(-c3ccc[nH]3)n2)CC1. The summed E-state index contributed by atoms with van der Waals surface area (Å²) < 4.78 is 4.88. The lowest BCUT2D eigenvalue weighted by Gasteiger charge is -2.12. The van der Waals surface area contributed by atoms with Gasteiger partial charge in [0.25, 0.3) is 0 Å². The summed E-state index contributed by atoms with van der Waals surface area (Å²) >= 11 is 0. The van der Waals surface area contributed by atoms with Crippen LogP contribution < -0.4 is 0 Å². The summed E-state index contributed by atoms with van der Waals surface area (Å²) in [5.74, 6) is 0.333. The van der Waals surface area contributed by atoms with Gasteiger partial charge in [0, 0.05) is 11.9 Å². The summed E-state index contributed by atoms with van der Waals surface area (Å²) in [7, 11) is 1.41. The van der Waals surface area contributed by atoms with Crippen molar-refractivity contribution >= 4 is 5.97 Å². The van der Waals surface area contributed by atoms with Gasteiger partial charge >= 0.3 is 5.97 Å². The molecule has 5 nitrogen and oxygen atoms in total. The van der Waals surface area contributed by atoms with Crippen LogP contribution in [0.15, 0.2) is 24.4 Å². The minimum Gasteiger partial charge on any atom is -0.468 e. The Labute approximate surface area is 111 Å². The third-order valence-electron chi connectivity index (χ3n) is 3.48. The number of nitrogens with one attached hydrogen (secondary N) is 1. The van der Waals surface area contributed by atoms with Gasteiger partial charge in [-0.15, -0.1) is 0 Å². The summed E-state index contributed by atoms with van der Waals surface area (Å²) in [4.78, 5) is 24.0. The van der Waals surface area contributed by atoms with Gasteiger partial charge in [-0.25, -0.2) is 9.97 Å². The van der Waals surface area contributed by atoms with Crippen LogP contribution in [-0.2, 0) is 14.9 Å². The minimum absolute atomic E-state index is 0.240. The van der Waals surface area contributed by atoms with Gasteiger partial charge < -0.3 is 9.72 Å². The maximum atomic E-state index is 11.9. The van der Waals surface area contributed by atoms with E-state index in [4.69, 9.17) is 4.74 Å². The number of carbonyl (C=O) groups excluding carboxylic acids is 1. The Bertz CT molecular complexity index is 616. The lowest BCUT2D eigenvalue weighted by molar-refractivity contribution is -0.143. The summed E-state index contributed by atoms with van der Waals surface area (Å²) in [6, 6.07) is 5.77. The fraction of sp³-hybridized carbons (Fsp3) is 0.357. The van der Waals surface area contributed by atoms with Crippen molar-refractivity contribution < 1.29 is 9.53 Å². The molecule has 0 atom stereocenters. The molecule has 0 aromatic carbocycles. The van der Waals surface area contributed by atoms with Crippen LogP contribution in [0, 0.1) is 6.92 Å². The highest BCUT2D eigenvalue weighted by Gasteiger charge is 2.55. The van der Waals surface area contributed by atoms with Gasteiger partial charge in [-0.2, -0.15) is 0 Å². The van der Waals surface area contributed by atoms with Crippen molar-refractivity contribution in [2.24, 2.45) is 0 Å². The molecule has 0 saturated heterocycles. The zero-order valence-electron chi connectivity index (χ0n) is 10.9. The zero-order chi connectivity index (χ0) is 13.5. The number of H-pyrrole nitrogens is 1. The molecule has 98 valence electrons. The molecule has 0 unspecified atom stereocenters. The molecule has 1 saturated carbocycles. The van der Waals surface area contributed by atoms with Crippen molar-refractivity contribution in [1.82, 2.24) is 15.0 Å². The third kappa shape index (κ3) is 1.91. The van der Waals surface area contributed by atoms with E-state index in [0.717, 1.165) is 29.9 Å². The molecular weight excluding hydrogens is 242 g/mol. The predicted octanol–water partition coefficient (Wildman–Crippen LogP) is 1.98. The molecule has 0 radical (unpaired) electrons. The number of carbonyl (C=O) groups is 1. The molecule has 1 fully saturated rings. The average molecular weight is 257 g/mol. The highest BCUT2D eigenvalue weighted by atomic mass is 16.5. The topological polar surface area (TPSA) is 67.9 Å². The van der Waals surface area contributed by atoms with E-state index in [9.17, 15) is 4.79 Å². The Morgan fingerprint density at radius 3 is 2.79 bits per heavy atom. The zero-order valence-corrected chi connectivity index (χ0v) is 10.9. The van der Waals surface area contributed by atoms with Crippen LogP contribution in [-0.4, -0.2) is 28.0 Å². The van der Waals surface area contributed by atoms with Crippen molar-refractivity contribution in [3.63, 3.8) is 0 Å². The summed E-state index contributed by atoms with van der Waals surface area (Å²) in [6.07, 6.45) is 3.36. The first kappa shape index (κ1) is 11.9. The van der Waals surface area contributed by atoms with Gasteiger partial charge in [0.15, 0.2) is 0 Å². The van der Waals surface area contributed by atoms with Gasteiger partial charge in [0.2, 0.25) is 0 Å². The molecule has 5 heteroatoms. The molecule has 2 heterocycles. The first-order chi connectivity index (χ1) is 9.15. The molecule has 2 aromatic rings. The van der Waals surface area contributed by atoms with Gasteiger partial charge in [0.05, 0.1) is 18.5 Å². The standard InChI is InChI=1S/C14H15N3O2/c1-9-8-11(10-4-3-7-15-10)17-12(16-9)14(5-6-14)13(18)19-2/h3-4,7-8,15H,5-6H2,1-2H3. The molecule has 1 aliphatic rings. The van der Waals surface area contributed by atoms with E-state index in [1.165, 1.54) is 7.11 Å². The number of hydrogen-bond acceptors (Lipinski definition) is 4. The van der Waals surface area contributed by atoms with E-state index in [0.29, 0.717) is 5.82 Å². The van der Waals surface area contributed by atoms with Crippen molar-refractivity contribution in [2.75, 3.05) is 7.11 Å². The molecule has 0 amide bonds. The number of aryl methyl sites for hydroxylation is 1. The van der Waals surface area contributed by atoms with Crippen LogP contribution in [0.2, 0.25) is 0 Å². The van der Waals surface area contributed by atoms with Crippen LogP contribution in [0.1, 0.15) is 24.4 Å². The second kappa shape index (κ2) is 4.19. The third-order valence-corrected chi connectivity index (χ3v) is 3.48. The smallest absolute Gasteiger partial charge is 0.319 e. The van der Waals surface area contributed by atoms with Crippen molar-refractivity contribution in [2.45, 2.75) is 25.2 Å². The number of hydrogen-bond donors (Lipinski definition) is 1. The maximum Gasteiger partial charge on any atom is 0.319 e. The molecule has 0 bridgehead atoms. The molecule has 19 heavy (non-hydrogen) atoms. The van der Waals surface area contributed by atoms with E-state index in [1.807, 2.05) is 31.3 Å². The lowest BCUT2D eigenvalue weighted by Crippen LogP contribution is -2.25. The number of nitrogens with zero attached hydrogens (tertiary/aromatic N) is 2. The van der Waals surface area contributed by atoms with Crippen LogP contribution in [0.3, 0.4) is 0 Å². The second-order valence-corrected chi connectivity index (χ2v) is 4.88. The van der Waals surface area contributed by atoms with E-state index >= 15 is 0 Å². The van der Waals surface area contributed by atoms with E-state index in [-0.39, 0.29) is 5.97 Å². The van der Waals surface area contributed by atoms with Gasteiger partial charge in [-0.05, 0) is 38.0 Å². The van der Waals surface area contributed by atoms with E-state index in [2.05, 4.69) is 15.0 Å². The largest absolute Gasteiger partial charge is 0.468 e. The van der Waals surface area contributed by atoms with Crippen molar-refractivity contribution in [3.05, 3.63) is 35.9 Å². The summed E-state index contributed by atoms with van der Waals surface area (Å²) in [5, 5.41) is 0. The maximum absolute atomic E-state index is 11.9. The molecule has 2 aromatic heterocycles. The van der Waals surface area contributed by atoms with E-state index < -0.39 is 5.41 Å². The van der Waals surface area contributed by atoms with Crippen LogP contribution in [0.5, 0.6) is 0 Å². The molecule has 1 aliphatic carbocycles. The molecular formula is C14H15N3O2. The van der Waals surface area contributed by atoms with Gasteiger partial charge in [0.1, 0.15) is 11.2 Å². The number of methoxy groups -OCH3 is 1. The fourth-order valence-electron chi connectivity index (χ4n) is 2.25. The monoisotopic (exact) mass is 257 g/mol. The van der Waals surface area contributed by atoms with Crippen LogP contribution >= 0.6 is 0 Å². The Kier molecular flexibility index (Phi) is 2.62. The van der Waals surface area contributed by atoms with Crippen LogP contribution in [0.25, 0.3) is 11.4 Å². The first-order valence-corrected chi connectivity index (χ1v) is 6.24. The predicted molar refractivity (Wildman–Crippen MR) is 69.5 cm³/mol. The first-order valence-electron chi connectivity index (χ1n) is 6.24. The number of rotatable bonds is 3. The quantitative estimate of drug-likeness (QED) is 0.854. The molecule has 0 aliphatic heterocycles. The molecule has 3 rings (SSSR count). The van der Waals surface area contributed by atoms with Gasteiger partial charge in [-0.3, -0.25) is 4.79 Å². The Balaban J connectivity index is 2.06. The second-order valence-electron chi connectivity index (χ2n) is 4.88. The van der Waals surface area contributed by atoms with E-state index in [1.54, 1.807) is 0 Å². The normalized spacial score (nSPS) is 16.1. The Hall–Kier alpha value is -2.17. The lowest BCUT2D eigenvalue weighted by atomic mass is 10.1. The Morgan fingerprint density at radius 2 is 2.21 bits per heavy atom. The molecule has 1 N–H and O–H groups in total.